The Balaban J connectivity index is 2.79. The van der Waals surface area contributed by atoms with Gasteiger partial charge in [0.05, 0.1) is 5.56 Å². The molecular weight excluding hydrogens is 196 g/mol. The van der Waals surface area contributed by atoms with E-state index in [4.69, 9.17) is 5.73 Å². The molecule has 2 N–H and O–H groups in total. The Morgan fingerprint density at radius 1 is 1.64 bits per heavy atom. The Labute approximate surface area is 86.7 Å². The Morgan fingerprint density at radius 2 is 2.43 bits per heavy atom. The standard InChI is InChI=1S/C10H10N2OS/c1-2-14-7-5-9(13)8-4-3-6-12-10(8)11/h2-7H,1H2,(H2,11,12)/b7-5-. The van der Waals surface area contributed by atoms with E-state index in [1.54, 1.807) is 29.1 Å². The van der Waals surface area contributed by atoms with Crippen molar-refractivity contribution in [2.45, 2.75) is 0 Å². The van der Waals surface area contributed by atoms with Crippen LogP contribution in [0.15, 0.2) is 41.8 Å². The van der Waals surface area contributed by atoms with Crippen LogP contribution in [0.5, 0.6) is 0 Å². The molecule has 0 saturated carbocycles. The van der Waals surface area contributed by atoms with Crippen LogP contribution in [0, 0.1) is 0 Å². The molecule has 0 atom stereocenters. The first kappa shape index (κ1) is 10.5. The zero-order valence-electron chi connectivity index (χ0n) is 7.51. The third-order valence-corrected chi connectivity index (χ3v) is 1.98. The molecule has 0 unspecified atom stereocenters. The van der Waals surface area contributed by atoms with Crippen molar-refractivity contribution in [2.24, 2.45) is 0 Å². The average Bonchev–Trinajstić information content (AvgIpc) is 2.18. The predicted molar refractivity (Wildman–Crippen MR) is 59.9 cm³/mol. The second kappa shape index (κ2) is 5.24. The first-order valence-electron chi connectivity index (χ1n) is 3.93. The van der Waals surface area contributed by atoms with E-state index in [1.807, 2.05) is 0 Å². The van der Waals surface area contributed by atoms with Crippen LogP contribution in [0.25, 0.3) is 0 Å². The van der Waals surface area contributed by atoms with E-state index >= 15 is 0 Å². The van der Waals surface area contributed by atoms with Crippen LogP contribution in [0.3, 0.4) is 0 Å². The maximum absolute atomic E-state index is 11.5. The van der Waals surface area contributed by atoms with Gasteiger partial charge in [0.2, 0.25) is 0 Å². The number of pyridine rings is 1. The fraction of sp³-hybridized carbons (Fsp3) is 0. The summed E-state index contributed by atoms with van der Waals surface area (Å²) in [6.07, 6.45) is 2.99. The molecule has 1 aromatic heterocycles. The lowest BCUT2D eigenvalue weighted by Gasteiger charge is -1.98. The predicted octanol–water partition coefficient (Wildman–Crippen LogP) is 2.24. The average molecular weight is 206 g/mol. The monoisotopic (exact) mass is 206 g/mol. The largest absolute Gasteiger partial charge is 0.383 e. The number of carbonyl (C=O) groups is 1. The second-order valence-electron chi connectivity index (χ2n) is 2.41. The van der Waals surface area contributed by atoms with E-state index in [0.29, 0.717) is 5.56 Å². The highest BCUT2D eigenvalue weighted by atomic mass is 32.2. The minimum absolute atomic E-state index is 0.148. The van der Waals surface area contributed by atoms with Crippen molar-refractivity contribution in [3.05, 3.63) is 47.4 Å². The summed E-state index contributed by atoms with van der Waals surface area (Å²) in [6, 6.07) is 3.33. The Hall–Kier alpha value is -1.55. The molecule has 0 radical (unpaired) electrons. The van der Waals surface area contributed by atoms with Crippen molar-refractivity contribution in [1.29, 1.82) is 0 Å². The van der Waals surface area contributed by atoms with Gasteiger partial charge in [-0.3, -0.25) is 4.79 Å². The van der Waals surface area contributed by atoms with Crippen molar-refractivity contribution in [3.63, 3.8) is 0 Å². The van der Waals surface area contributed by atoms with E-state index in [0.717, 1.165) is 0 Å². The van der Waals surface area contributed by atoms with Crippen LogP contribution in [-0.4, -0.2) is 10.8 Å². The molecule has 0 aliphatic carbocycles. The minimum atomic E-state index is -0.148. The Kier molecular flexibility index (Phi) is 3.94. The number of nitrogens with two attached hydrogens (primary N) is 1. The first-order valence-corrected chi connectivity index (χ1v) is 4.87. The Bertz CT molecular complexity index is 374. The zero-order valence-corrected chi connectivity index (χ0v) is 8.33. The third kappa shape index (κ3) is 2.74. The number of carbonyl (C=O) groups excluding carboxylic acids is 1. The van der Waals surface area contributed by atoms with Gasteiger partial charge < -0.3 is 5.73 Å². The number of allylic oxidation sites excluding steroid dienone is 1. The molecule has 1 heterocycles. The lowest BCUT2D eigenvalue weighted by atomic mass is 10.2. The number of aromatic nitrogens is 1. The van der Waals surface area contributed by atoms with Gasteiger partial charge in [-0.2, -0.15) is 0 Å². The summed E-state index contributed by atoms with van der Waals surface area (Å²) < 4.78 is 0. The summed E-state index contributed by atoms with van der Waals surface area (Å²) in [5.74, 6) is 0.107. The Morgan fingerprint density at radius 3 is 3.07 bits per heavy atom. The van der Waals surface area contributed by atoms with Gasteiger partial charge in [-0.1, -0.05) is 6.58 Å². The summed E-state index contributed by atoms with van der Waals surface area (Å²) in [5, 5.41) is 3.29. The number of hydrogen-bond acceptors (Lipinski definition) is 4. The van der Waals surface area contributed by atoms with Crippen molar-refractivity contribution >= 4 is 23.4 Å². The summed E-state index contributed by atoms with van der Waals surface area (Å²) in [7, 11) is 0. The molecule has 0 bridgehead atoms. The fourth-order valence-corrected chi connectivity index (χ4v) is 1.19. The molecule has 14 heavy (non-hydrogen) atoms. The van der Waals surface area contributed by atoms with E-state index in [9.17, 15) is 4.79 Å². The normalized spacial score (nSPS) is 10.3. The highest BCUT2D eigenvalue weighted by molar-refractivity contribution is 8.04. The van der Waals surface area contributed by atoms with Gasteiger partial charge >= 0.3 is 0 Å². The van der Waals surface area contributed by atoms with Gasteiger partial charge in [0.25, 0.3) is 0 Å². The number of ketones is 1. The number of nitrogens with zero attached hydrogens (tertiary/aromatic N) is 1. The maximum Gasteiger partial charge on any atom is 0.190 e. The molecule has 0 aliphatic rings. The van der Waals surface area contributed by atoms with Crippen LogP contribution in [-0.2, 0) is 0 Å². The fourth-order valence-electron chi connectivity index (χ4n) is 0.872. The number of hydrogen-bond donors (Lipinski definition) is 1. The molecule has 72 valence electrons. The maximum atomic E-state index is 11.5. The quantitative estimate of drug-likeness (QED) is 0.606. The summed E-state index contributed by atoms with van der Waals surface area (Å²) in [5.41, 5.74) is 5.96. The van der Waals surface area contributed by atoms with E-state index < -0.39 is 0 Å². The zero-order chi connectivity index (χ0) is 10.4. The van der Waals surface area contributed by atoms with Crippen molar-refractivity contribution in [1.82, 2.24) is 4.98 Å². The summed E-state index contributed by atoms with van der Waals surface area (Å²) in [6.45, 7) is 3.51. The van der Waals surface area contributed by atoms with Gasteiger partial charge in [-0.25, -0.2) is 4.98 Å². The van der Waals surface area contributed by atoms with Crippen LogP contribution < -0.4 is 5.73 Å². The lowest BCUT2D eigenvalue weighted by Crippen LogP contribution is -2.02. The van der Waals surface area contributed by atoms with Crippen LogP contribution in [0.2, 0.25) is 0 Å². The number of nitrogen functional groups attached to an aromatic ring is 1. The van der Waals surface area contributed by atoms with Crippen LogP contribution in [0.1, 0.15) is 10.4 Å². The van der Waals surface area contributed by atoms with Gasteiger partial charge in [0, 0.05) is 6.20 Å². The lowest BCUT2D eigenvalue weighted by molar-refractivity contribution is 0.104. The summed E-state index contributed by atoms with van der Waals surface area (Å²) in [4.78, 5) is 15.3. The topological polar surface area (TPSA) is 56.0 Å². The highest BCUT2D eigenvalue weighted by Gasteiger charge is 2.05. The first-order chi connectivity index (χ1) is 6.75. The van der Waals surface area contributed by atoms with Crippen molar-refractivity contribution in [3.8, 4) is 0 Å². The number of thioether (sulfide) groups is 1. The molecule has 0 aliphatic heterocycles. The van der Waals surface area contributed by atoms with Crippen molar-refractivity contribution < 1.29 is 4.79 Å². The third-order valence-electron chi connectivity index (χ3n) is 1.50. The minimum Gasteiger partial charge on any atom is -0.383 e. The smallest absolute Gasteiger partial charge is 0.190 e. The molecule has 3 nitrogen and oxygen atoms in total. The number of anilines is 1. The molecular formula is C10H10N2OS. The van der Waals surface area contributed by atoms with Gasteiger partial charge in [0.1, 0.15) is 5.82 Å². The SMILES string of the molecule is C=CS/C=C\C(=O)c1cccnc1N. The van der Waals surface area contributed by atoms with Gasteiger partial charge in [0.15, 0.2) is 5.78 Å². The van der Waals surface area contributed by atoms with Gasteiger partial charge in [-0.15, -0.1) is 11.8 Å². The second-order valence-corrected chi connectivity index (χ2v) is 3.28. The molecule has 1 rings (SSSR count). The molecule has 1 aromatic rings. The highest BCUT2D eigenvalue weighted by Crippen LogP contribution is 2.10. The molecule has 0 fully saturated rings. The van der Waals surface area contributed by atoms with Crippen LogP contribution >= 0.6 is 11.8 Å². The van der Waals surface area contributed by atoms with Crippen LogP contribution in [0.4, 0.5) is 5.82 Å². The molecule has 4 heteroatoms. The molecule has 0 aromatic carbocycles. The molecule has 0 saturated heterocycles. The van der Waals surface area contributed by atoms with E-state index in [1.165, 1.54) is 17.8 Å². The summed E-state index contributed by atoms with van der Waals surface area (Å²) >= 11 is 1.34. The van der Waals surface area contributed by atoms with E-state index in [-0.39, 0.29) is 11.6 Å². The van der Waals surface area contributed by atoms with E-state index in [2.05, 4.69) is 11.6 Å². The molecule has 0 amide bonds. The van der Waals surface area contributed by atoms with Gasteiger partial charge in [-0.05, 0) is 29.0 Å². The molecule has 0 spiro atoms. The van der Waals surface area contributed by atoms with Crippen molar-refractivity contribution in [2.75, 3.05) is 5.73 Å². The number of rotatable bonds is 4.